The summed E-state index contributed by atoms with van der Waals surface area (Å²) in [5, 5.41) is 11.7. The van der Waals surface area contributed by atoms with Crippen molar-refractivity contribution in [1.82, 2.24) is 9.88 Å². The lowest BCUT2D eigenvalue weighted by molar-refractivity contribution is 0.0667. The lowest BCUT2D eigenvalue weighted by atomic mass is 9.98. The first-order chi connectivity index (χ1) is 17.7. The first-order valence-corrected chi connectivity index (χ1v) is 13.0. The second-order valence-electron chi connectivity index (χ2n) is 9.94. The number of aromatic nitrogens is 1. The van der Waals surface area contributed by atoms with Gasteiger partial charge in [0.2, 0.25) is 0 Å². The maximum Gasteiger partial charge on any atom is 0.145 e. The van der Waals surface area contributed by atoms with Crippen LogP contribution in [0.4, 0.5) is 5.69 Å². The molecule has 0 saturated carbocycles. The van der Waals surface area contributed by atoms with Gasteiger partial charge in [-0.15, -0.1) is 0 Å². The number of benzene rings is 3. The fourth-order valence-corrected chi connectivity index (χ4v) is 5.71. The van der Waals surface area contributed by atoms with Crippen molar-refractivity contribution in [3.63, 3.8) is 0 Å². The van der Waals surface area contributed by atoms with Crippen LogP contribution in [0, 0.1) is 0 Å². The van der Waals surface area contributed by atoms with E-state index in [0.29, 0.717) is 6.54 Å². The summed E-state index contributed by atoms with van der Waals surface area (Å²) in [6.07, 6.45) is 4.47. The molecule has 1 fully saturated rings. The van der Waals surface area contributed by atoms with Gasteiger partial charge in [-0.05, 0) is 59.7 Å². The average Bonchev–Trinajstić information content (AvgIpc) is 3.12. The third-order valence-corrected chi connectivity index (χ3v) is 7.60. The molecule has 36 heavy (non-hydrogen) atoms. The number of β-amino-alcohol motifs (C(OH)–C–C–N with tert-alkyl or cyclic N) is 1. The number of hydrogen-bond donors (Lipinski definition) is 1. The highest BCUT2D eigenvalue weighted by Crippen LogP contribution is 2.32. The van der Waals surface area contributed by atoms with Crippen LogP contribution in [0.5, 0.6) is 5.75 Å². The van der Waals surface area contributed by atoms with E-state index >= 15 is 0 Å². The molecule has 1 saturated heterocycles. The average molecular weight is 480 g/mol. The minimum absolute atomic E-state index is 0.267. The van der Waals surface area contributed by atoms with Crippen LogP contribution in [0.3, 0.4) is 0 Å². The van der Waals surface area contributed by atoms with Crippen molar-refractivity contribution in [1.29, 1.82) is 0 Å². The van der Waals surface area contributed by atoms with E-state index < -0.39 is 6.10 Å². The number of pyridine rings is 1. The van der Waals surface area contributed by atoms with Gasteiger partial charge in [-0.25, -0.2) is 0 Å². The second-order valence-corrected chi connectivity index (χ2v) is 9.94. The monoisotopic (exact) mass is 479 g/mol. The van der Waals surface area contributed by atoms with E-state index in [4.69, 9.17) is 4.74 Å². The van der Waals surface area contributed by atoms with Gasteiger partial charge in [-0.1, -0.05) is 54.6 Å². The van der Waals surface area contributed by atoms with Gasteiger partial charge in [0.15, 0.2) is 0 Å². The lowest BCUT2D eigenvalue weighted by Gasteiger charge is -2.38. The number of hydrogen-bond acceptors (Lipinski definition) is 5. The van der Waals surface area contributed by atoms with Crippen LogP contribution in [0.15, 0.2) is 79.0 Å². The minimum atomic E-state index is -0.540. The molecule has 5 heteroatoms. The molecule has 1 unspecified atom stereocenters. The molecule has 2 heterocycles. The zero-order chi connectivity index (χ0) is 24.3. The number of rotatable bonds is 6. The molecule has 6 rings (SSSR count). The van der Waals surface area contributed by atoms with E-state index in [1.807, 2.05) is 30.3 Å². The molecule has 3 aromatic carbocycles. The van der Waals surface area contributed by atoms with Crippen LogP contribution in [0.25, 0.3) is 10.9 Å². The topological polar surface area (TPSA) is 48.8 Å². The van der Waals surface area contributed by atoms with Crippen LogP contribution in [0.2, 0.25) is 0 Å². The van der Waals surface area contributed by atoms with E-state index in [1.54, 1.807) is 6.20 Å². The predicted molar refractivity (Wildman–Crippen MR) is 145 cm³/mol. The minimum Gasteiger partial charge on any atom is -0.489 e. The Balaban J connectivity index is 1.05. The molecule has 1 aliphatic carbocycles. The Morgan fingerprint density at radius 2 is 1.58 bits per heavy atom. The summed E-state index contributed by atoms with van der Waals surface area (Å²) < 4.78 is 5.96. The van der Waals surface area contributed by atoms with Gasteiger partial charge < -0.3 is 14.7 Å². The van der Waals surface area contributed by atoms with Crippen molar-refractivity contribution in [2.75, 3.05) is 44.2 Å². The molecule has 184 valence electrons. The number of aryl methyl sites for hydroxylation is 1. The number of para-hydroxylation sites is 1. The van der Waals surface area contributed by atoms with Crippen molar-refractivity contribution >= 4 is 16.6 Å². The Morgan fingerprint density at radius 1 is 0.806 bits per heavy atom. The number of piperazine rings is 1. The van der Waals surface area contributed by atoms with Crippen molar-refractivity contribution in [2.45, 2.75) is 25.4 Å². The second kappa shape index (κ2) is 10.3. The third kappa shape index (κ3) is 4.81. The van der Waals surface area contributed by atoms with Gasteiger partial charge in [0.25, 0.3) is 0 Å². The number of aliphatic hydroxyl groups excluding tert-OH is 1. The van der Waals surface area contributed by atoms with Crippen LogP contribution in [0.1, 0.15) is 22.3 Å². The number of anilines is 1. The number of aliphatic hydroxyl groups is 1. The summed E-state index contributed by atoms with van der Waals surface area (Å²) in [7, 11) is 0. The number of fused-ring (bicyclic) bond motifs is 3. The number of nitrogens with zero attached hydrogens (tertiary/aromatic N) is 3. The molecule has 1 atom stereocenters. The van der Waals surface area contributed by atoms with Crippen LogP contribution in [-0.2, 0) is 19.3 Å². The Kier molecular flexibility index (Phi) is 6.58. The first-order valence-electron chi connectivity index (χ1n) is 13.0. The highest BCUT2D eigenvalue weighted by Gasteiger charge is 2.23. The van der Waals surface area contributed by atoms with Gasteiger partial charge in [-0.3, -0.25) is 9.88 Å². The molecule has 1 N–H and O–H groups in total. The zero-order valence-corrected chi connectivity index (χ0v) is 20.6. The van der Waals surface area contributed by atoms with E-state index in [-0.39, 0.29) is 6.61 Å². The summed E-state index contributed by atoms with van der Waals surface area (Å²) in [6, 6.07) is 25.6. The Hall–Kier alpha value is -3.41. The molecular formula is C31H33N3O2. The molecule has 0 bridgehead atoms. The fraction of sp³-hybridized carbons (Fsp3) is 0.323. The molecule has 2 aliphatic rings. The summed E-state index contributed by atoms with van der Waals surface area (Å²) in [5.74, 6) is 0.726. The van der Waals surface area contributed by atoms with Gasteiger partial charge in [0, 0.05) is 50.0 Å². The van der Waals surface area contributed by atoms with E-state index in [9.17, 15) is 5.11 Å². The van der Waals surface area contributed by atoms with Crippen molar-refractivity contribution in [2.24, 2.45) is 0 Å². The van der Waals surface area contributed by atoms with Gasteiger partial charge in [0.1, 0.15) is 24.0 Å². The van der Waals surface area contributed by atoms with E-state index in [2.05, 4.69) is 57.2 Å². The van der Waals surface area contributed by atoms with Crippen molar-refractivity contribution in [3.8, 4) is 5.75 Å². The smallest absolute Gasteiger partial charge is 0.145 e. The molecule has 0 spiro atoms. The van der Waals surface area contributed by atoms with Gasteiger partial charge >= 0.3 is 0 Å². The summed E-state index contributed by atoms with van der Waals surface area (Å²) in [6.45, 7) is 4.72. The molecule has 1 aromatic heterocycles. The summed E-state index contributed by atoms with van der Waals surface area (Å²) in [4.78, 5) is 9.33. The van der Waals surface area contributed by atoms with Gasteiger partial charge in [0.05, 0.1) is 0 Å². The molecule has 4 aromatic rings. The molecule has 0 radical (unpaired) electrons. The molecule has 0 amide bonds. The fourth-order valence-electron chi connectivity index (χ4n) is 5.71. The lowest BCUT2D eigenvalue weighted by Crippen LogP contribution is -2.49. The van der Waals surface area contributed by atoms with Crippen molar-refractivity contribution < 1.29 is 9.84 Å². The quantitative estimate of drug-likeness (QED) is 0.442. The van der Waals surface area contributed by atoms with Crippen LogP contribution in [-0.4, -0.2) is 60.4 Å². The maximum atomic E-state index is 10.7. The Morgan fingerprint density at radius 3 is 2.47 bits per heavy atom. The van der Waals surface area contributed by atoms with E-state index in [1.165, 1.54) is 27.9 Å². The third-order valence-electron chi connectivity index (χ3n) is 7.60. The van der Waals surface area contributed by atoms with E-state index in [0.717, 1.165) is 62.1 Å². The largest absolute Gasteiger partial charge is 0.489 e. The SMILES string of the molecule is OC(COc1cccc2cccnc12)CN1CCN(c2cccc3c2CCc2ccccc2C3)CC1. The van der Waals surface area contributed by atoms with Crippen LogP contribution < -0.4 is 9.64 Å². The van der Waals surface area contributed by atoms with Crippen LogP contribution >= 0.6 is 0 Å². The van der Waals surface area contributed by atoms with Crippen molar-refractivity contribution in [3.05, 3.63) is 101 Å². The standard InChI is InChI=1S/C31H33N3O2/c35-27(22-36-30-12-4-8-24-10-5-15-32-31(24)30)21-33-16-18-34(19-17-33)29-11-3-9-26-20-25-7-2-1-6-23(25)13-14-28(26)29/h1-12,15,27,35H,13-14,16-22H2. The highest BCUT2D eigenvalue weighted by molar-refractivity contribution is 5.84. The molecule has 1 aliphatic heterocycles. The zero-order valence-electron chi connectivity index (χ0n) is 20.6. The normalized spacial score (nSPS) is 16.8. The predicted octanol–water partition coefficient (Wildman–Crippen LogP) is 4.49. The number of ether oxygens (including phenoxy) is 1. The maximum absolute atomic E-state index is 10.7. The summed E-state index contributed by atoms with van der Waals surface area (Å²) in [5.41, 5.74) is 8.17. The highest BCUT2D eigenvalue weighted by atomic mass is 16.5. The molecular weight excluding hydrogens is 446 g/mol. The Labute approximate surface area is 213 Å². The van der Waals surface area contributed by atoms with Gasteiger partial charge in [-0.2, -0.15) is 0 Å². The Bertz CT molecular complexity index is 1340. The summed E-state index contributed by atoms with van der Waals surface area (Å²) >= 11 is 0. The molecule has 5 nitrogen and oxygen atoms in total. The first kappa shape index (κ1) is 23.0.